The number of aryl methyl sites for hydroxylation is 2. The number of carbonyl (C=O) groups excluding carboxylic acids is 1. The average molecular weight is 343 g/mol. The third-order valence-corrected chi connectivity index (χ3v) is 4.50. The first kappa shape index (κ1) is 17.5. The van der Waals surface area contributed by atoms with Gasteiger partial charge in [-0.3, -0.25) is 4.79 Å². The zero-order chi connectivity index (χ0) is 17.6. The van der Waals surface area contributed by atoms with Crippen molar-refractivity contribution in [1.29, 1.82) is 0 Å². The van der Waals surface area contributed by atoms with Crippen molar-refractivity contribution in [1.82, 2.24) is 15.0 Å². The minimum atomic E-state index is 0.175. The van der Waals surface area contributed by atoms with Crippen LogP contribution >= 0.6 is 0 Å². The number of likely N-dealkylation sites (tertiary alicyclic amines) is 1. The monoisotopic (exact) mass is 343 g/mol. The van der Waals surface area contributed by atoms with Gasteiger partial charge in [0, 0.05) is 19.4 Å². The summed E-state index contributed by atoms with van der Waals surface area (Å²) in [4.78, 5) is 18.8. The molecule has 3 rings (SSSR count). The third-order valence-electron chi connectivity index (χ3n) is 4.50. The predicted octanol–water partition coefficient (Wildman–Crippen LogP) is 3.46. The standard InChI is InChI=1S/C19H25N3O3/c1-3-24-16-11-9-15(10-12-16)17-6-5-13-22(17)19(23)8-4-7-18-20-14(2)21-25-18/h9-12,17H,3-8,13H2,1-2H3/t17-/m1/s1. The number of nitrogens with zero attached hydrogens (tertiary/aromatic N) is 3. The van der Waals surface area contributed by atoms with Gasteiger partial charge in [-0.25, -0.2) is 0 Å². The van der Waals surface area contributed by atoms with E-state index in [0.29, 0.717) is 31.2 Å². The van der Waals surface area contributed by atoms with Crippen molar-refractivity contribution in [2.75, 3.05) is 13.2 Å². The zero-order valence-corrected chi connectivity index (χ0v) is 14.9. The van der Waals surface area contributed by atoms with E-state index in [1.165, 1.54) is 5.56 Å². The minimum Gasteiger partial charge on any atom is -0.494 e. The molecule has 0 unspecified atom stereocenters. The molecule has 1 saturated heterocycles. The first-order valence-corrected chi connectivity index (χ1v) is 8.98. The Hall–Kier alpha value is -2.37. The van der Waals surface area contributed by atoms with Gasteiger partial charge in [0.2, 0.25) is 11.8 Å². The average Bonchev–Trinajstić information content (AvgIpc) is 3.25. The molecule has 1 aliphatic heterocycles. The molecule has 134 valence electrons. The highest BCUT2D eigenvalue weighted by atomic mass is 16.5. The Kier molecular flexibility index (Phi) is 5.68. The smallest absolute Gasteiger partial charge is 0.226 e. The van der Waals surface area contributed by atoms with E-state index in [2.05, 4.69) is 22.3 Å². The van der Waals surface area contributed by atoms with E-state index >= 15 is 0 Å². The summed E-state index contributed by atoms with van der Waals surface area (Å²) in [5.41, 5.74) is 1.18. The number of hydrogen-bond acceptors (Lipinski definition) is 5. The van der Waals surface area contributed by atoms with Gasteiger partial charge in [0.25, 0.3) is 0 Å². The fourth-order valence-corrected chi connectivity index (χ4v) is 3.34. The molecule has 6 nitrogen and oxygen atoms in total. The molecule has 2 aromatic rings. The van der Waals surface area contributed by atoms with Crippen molar-refractivity contribution in [3.8, 4) is 5.75 Å². The molecule has 0 radical (unpaired) electrons. The van der Waals surface area contributed by atoms with Crippen LogP contribution in [-0.4, -0.2) is 34.1 Å². The topological polar surface area (TPSA) is 68.5 Å². The van der Waals surface area contributed by atoms with Gasteiger partial charge in [0.05, 0.1) is 12.6 Å². The van der Waals surface area contributed by atoms with Crippen molar-refractivity contribution < 1.29 is 14.1 Å². The first-order valence-electron chi connectivity index (χ1n) is 8.98. The van der Waals surface area contributed by atoms with Gasteiger partial charge < -0.3 is 14.2 Å². The molecule has 1 fully saturated rings. The Morgan fingerprint density at radius 3 is 2.84 bits per heavy atom. The number of aromatic nitrogens is 2. The molecule has 25 heavy (non-hydrogen) atoms. The summed E-state index contributed by atoms with van der Waals surface area (Å²) in [6, 6.07) is 8.29. The van der Waals surface area contributed by atoms with Gasteiger partial charge in [-0.15, -0.1) is 0 Å². The van der Waals surface area contributed by atoms with E-state index in [0.717, 1.165) is 31.6 Å². The number of amides is 1. The highest BCUT2D eigenvalue weighted by Crippen LogP contribution is 2.33. The Bertz CT molecular complexity index is 696. The first-order chi connectivity index (χ1) is 12.2. The van der Waals surface area contributed by atoms with Crippen LogP contribution in [0.3, 0.4) is 0 Å². The van der Waals surface area contributed by atoms with Crippen molar-refractivity contribution in [3.05, 3.63) is 41.5 Å². The highest BCUT2D eigenvalue weighted by Gasteiger charge is 2.29. The van der Waals surface area contributed by atoms with Gasteiger partial charge in [-0.05, 0) is 50.8 Å². The summed E-state index contributed by atoms with van der Waals surface area (Å²) in [5, 5.41) is 3.77. The molecule has 2 heterocycles. The number of benzene rings is 1. The second kappa shape index (κ2) is 8.14. The molecular formula is C19H25N3O3. The van der Waals surface area contributed by atoms with Crippen LogP contribution in [0.5, 0.6) is 5.75 Å². The van der Waals surface area contributed by atoms with Crippen LogP contribution in [0.4, 0.5) is 0 Å². The number of rotatable bonds is 7. The molecule has 0 saturated carbocycles. The Morgan fingerprint density at radius 2 is 2.16 bits per heavy atom. The predicted molar refractivity (Wildman–Crippen MR) is 93.3 cm³/mol. The van der Waals surface area contributed by atoms with Crippen LogP contribution in [0.25, 0.3) is 0 Å². The van der Waals surface area contributed by atoms with Crippen LogP contribution in [0.1, 0.15) is 55.9 Å². The summed E-state index contributed by atoms with van der Waals surface area (Å²) in [5.74, 6) is 2.32. The van der Waals surface area contributed by atoms with Gasteiger partial charge in [0.1, 0.15) is 5.75 Å². The molecule has 1 amide bonds. The summed E-state index contributed by atoms with van der Waals surface area (Å²) in [6.45, 7) is 5.26. The van der Waals surface area contributed by atoms with Crippen LogP contribution < -0.4 is 4.74 Å². The van der Waals surface area contributed by atoms with E-state index in [1.807, 2.05) is 24.0 Å². The van der Waals surface area contributed by atoms with Crippen LogP contribution in [0.15, 0.2) is 28.8 Å². The van der Waals surface area contributed by atoms with Crippen molar-refractivity contribution in [3.63, 3.8) is 0 Å². The quantitative estimate of drug-likeness (QED) is 0.770. The number of ether oxygens (including phenoxy) is 1. The molecule has 1 aliphatic rings. The molecule has 1 aromatic carbocycles. The lowest BCUT2D eigenvalue weighted by Gasteiger charge is -2.25. The Morgan fingerprint density at radius 1 is 1.36 bits per heavy atom. The molecule has 6 heteroatoms. The number of carbonyl (C=O) groups is 1. The summed E-state index contributed by atoms with van der Waals surface area (Å²) >= 11 is 0. The van der Waals surface area contributed by atoms with Gasteiger partial charge in [-0.2, -0.15) is 4.98 Å². The van der Waals surface area contributed by atoms with Crippen molar-refractivity contribution in [2.24, 2.45) is 0 Å². The van der Waals surface area contributed by atoms with E-state index in [-0.39, 0.29) is 11.9 Å². The van der Waals surface area contributed by atoms with Gasteiger partial charge in [0.15, 0.2) is 5.82 Å². The normalized spacial score (nSPS) is 17.0. The van der Waals surface area contributed by atoms with Gasteiger partial charge >= 0.3 is 0 Å². The molecule has 0 aliphatic carbocycles. The second-order valence-corrected chi connectivity index (χ2v) is 6.34. The van der Waals surface area contributed by atoms with E-state index < -0.39 is 0 Å². The maximum Gasteiger partial charge on any atom is 0.226 e. The molecule has 1 aromatic heterocycles. The van der Waals surface area contributed by atoms with Gasteiger partial charge in [-0.1, -0.05) is 17.3 Å². The van der Waals surface area contributed by atoms with Crippen LogP contribution in [0, 0.1) is 6.92 Å². The van der Waals surface area contributed by atoms with Crippen LogP contribution in [-0.2, 0) is 11.2 Å². The summed E-state index contributed by atoms with van der Waals surface area (Å²) in [7, 11) is 0. The lowest BCUT2D eigenvalue weighted by Crippen LogP contribution is -2.30. The maximum absolute atomic E-state index is 12.6. The Labute approximate surface area is 148 Å². The summed E-state index contributed by atoms with van der Waals surface area (Å²) in [6.07, 6.45) is 3.95. The zero-order valence-electron chi connectivity index (χ0n) is 14.9. The van der Waals surface area contributed by atoms with E-state index in [1.54, 1.807) is 6.92 Å². The second-order valence-electron chi connectivity index (χ2n) is 6.34. The molecule has 1 atom stereocenters. The fraction of sp³-hybridized carbons (Fsp3) is 0.526. The van der Waals surface area contributed by atoms with Crippen molar-refractivity contribution in [2.45, 2.75) is 52.0 Å². The van der Waals surface area contributed by atoms with Crippen LogP contribution in [0.2, 0.25) is 0 Å². The summed E-state index contributed by atoms with van der Waals surface area (Å²) < 4.78 is 10.6. The lowest BCUT2D eigenvalue weighted by atomic mass is 10.0. The van der Waals surface area contributed by atoms with Crippen molar-refractivity contribution >= 4 is 5.91 Å². The fourth-order valence-electron chi connectivity index (χ4n) is 3.34. The lowest BCUT2D eigenvalue weighted by molar-refractivity contribution is -0.132. The molecule has 0 spiro atoms. The molecule has 0 N–H and O–H groups in total. The maximum atomic E-state index is 12.6. The molecular weight excluding hydrogens is 318 g/mol. The minimum absolute atomic E-state index is 0.175. The molecule has 0 bridgehead atoms. The third kappa shape index (κ3) is 4.38. The highest BCUT2D eigenvalue weighted by molar-refractivity contribution is 5.77. The van der Waals surface area contributed by atoms with E-state index in [4.69, 9.17) is 9.26 Å². The SMILES string of the molecule is CCOc1ccc([C@H]2CCCN2C(=O)CCCc2nc(C)no2)cc1. The Balaban J connectivity index is 1.55. The van der Waals surface area contributed by atoms with E-state index in [9.17, 15) is 4.79 Å². The largest absolute Gasteiger partial charge is 0.494 e. The number of hydrogen-bond donors (Lipinski definition) is 0.